The second kappa shape index (κ2) is 3.20. The fourth-order valence-electron chi connectivity index (χ4n) is 0.913. The minimum atomic E-state index is -0.388. The third-order valence-electron chi connectivity index (χ3n) is 1.67. The van der Waals surface area contributed by atoms with Gasteiger partial charge in [-0.15, -0.1) is 0 Å². The van der Waals surface area contributed by atoms with Gasteiger partial charge in [0.1, 0.15) is 5.82 Å². The summed E-state index contributed by atoms with van der Waals surface area (Å²) in [5.74, 6) is -0.388. The fraction of sp³-hybridized carbons (Fsp3) is 0.250. The van der Waals surface area contributed by atoms with E-state index in [-0.39, 0.29) is 10.8 Å². The number of halogens is 2. The molecule has 1 aromatic rings. The molecule has 1 nitrogen and oxygen atoms in total. The Morgan fingerprint density at radius 1 is 1.55 bits per heavy atom. The molecular formula is C8H9ClFN. The summed E-state index contributed by atoms with van der Waals surface area (Å²) in [6, 6.07) is 2.98. The van der Waals surface area contributed by atoms with E-state index in [1.54, 1.807) is 13.0 Å². The zero-order chi connectivity index (χ0) is 8.43. The smallest absolute Gasteiger partial charge is 0.142 e. The Labute approximate surface area is 70.0 Å². The zero-order valence-electron chi connectivity index (χ0n) is 6.20. The Balaban J connectivity index is 3.25. The highest BCUT2D eigenvalue weighted by molar-refractivity contribution is 6.31. The molecule has 1 aromatic carbocycles. The van der Waals surface area contributed by atoms with Gasteiger partial charge in [0, 0.05) is 6.54 Å². The van der Waals surface area contributed by atoms with Crippen LogP contribution in [0.5, 0.6) is 0 Å². The van der Waals surface area contributed by atoms with Crippen LogP contribution in [0.1, 0.15) is 11.1 Å². The highest BCUT2D eigenvalue weighted by Gasteiger charge is 2.05. The lowest BCUT2D eigenvalue weighted by molar-refractivity contribution is 0.626. The molecule has 0 atom stereocenters. The van der Waals surface area contributed by atoms with Crippen LogP contribution in [0.2, 0.25) is 5.02 Å². The molecule has 0 aliphatic carbocycles. The monoisotopic (exact) mass is 173 g/mol. The van der Waals surface area contributed by atoms with E-state index in [9.17, 15) is 4.39 Å². The Morgan fingerprint density at radius 3 is 2.73 bits per heavy atom. The third-order valence-corrected chi connectivity index (χ3v) is 2.14. The normalized spacial score (nSPS) is 10.2. The fourth-order valence-corrected chi connectivity index (χ4v) is 1.10. The molecule has 0 bridgehead atoms. The van der Waals surface area contributed by atoms with E-state index in [4.69, 9.17) is 17.3 Å². The summed E-state index contributed by atoms with van der Waals surface area (Å²) in [4.78, 5) is 0. The van der Waals surface area contributed by atoms with Crippen LogP contribution in [0.15, 0.2) is 12.1 Å². The summed E-state index contributed by atoms with van der Waals surface area (Å²) in [5.41, 5.74) is 7.00. The number of benzene rings is 1. The van der Waals surface area contributed by atoms with E-state index >= 15 is 0 Å². The first-order valence-electron chi connectivity index (χ1n) is 3.30. The number of hydrogen-bond acceptors (Lipinski definition) is 1. The Kier molecular flexibility index (Phi) is 2.47. The van der Waals surface area contributed by atoms with E-state index in [0.29, 0.717) is 6.54 Å². The molecule has 0 aliphatic heterocycles. The minimum absolute atomic E-state index is 0.174. The molecule has 0 amide bonds. The van der Waals surface area contributed by atoms with Gasteiger partial charge in [0.05, 0.1) is 5.02 Å². The first kappa shape index (κ1) is 8.50. The lowest BCUT2D eigenvalue weighted by Crippen LogP contribution is -2.00. The van der Waals surface area contributed by atoms with Gasteiger partial charge in [0.25, 0.3) is 0 Å². The van der Waals surface area contributed by atoms with Crippen LogP contribution < -0.4 is 5.73 Å². The molecule has 2 N–H and O–H groups in total. The van der Waals surface area contributed by atoms with Crippen molar-refractivity contribution in [1.29, 1.82) is 0 Å². The minimum Gasteiger partial charge on any atom is -0.326 e. The van der Waals surface area contributed by atoms with Crippen molar-refractivity contribution in [3.63, 3.8) is 0 Å². The quantitative estimate of drug-likeness (QED) is 0.693. The summed E-state index contributed by atoms with van der Waals surface area (Å²) in [6.45, 7) is 2.15. The van der Waals surface area contributed by atoms with Crippen molar-refractivity contribution < 1.29 is 4.39 Å². The second-order valence-corrected chi connectivity index (χ2v) is 2.73. The molecule has 60 valence electrons. The highest BCUT2D eigenvalue weighted by atomic mass is 35.5. The molecule has 3 heteroatoms. The standard InChI is InChI=1S/C8H9ClFN/c1-5-6(4-11)2-3-7(10)8(5)9/h2-3H,4,11H2,1H3. The average molecular weight is 174 g/mol. The number of rotatable bonds is 1. The first-order chi connectivity index (χ1) is 5.16. The molecule has 0 unspecified atom stereocenters. The Bertz CT molecular complexity index is 273. The number of nitrogens with two attached hydrogens (primary N) is 1. The van der Waals surface area contributed by atoms with Crippen molar-refractivity contribution in [2.45, 2.75) is 13.5 Å². The van der Waals surface area contributed by atoms with Gasteiger partial charge in [-0.25, -0.2) is 4.39 Å². The molecule has 0 spiro atoms. The second-order valence-electron chi connectivity index (χ2n) is 2.35. The van der Waals surface area contributed by atoms with E-state index in [2.05, 4.69) is 0 Å². The van der Waals surface area contributed by atoms with Crippen molar-refractivity contribution >= 4 is 11.6 Å². The zero-order valence-corrected chi connectivity index (χ0v) is 6.95. The number of hydrogen-bond donors (Lipinski definition) is 1. The molecule has 0 fully saturated rings. The van der Waals surface area contributed by atoms with E-state index in [0.717, 1.165) is 11.1 Å². The Hall–Kier alpha value is -0.600. The molecule has 0 aromatic heterocycles. The molecule has 0 radical (unpaired) electrons. The molecule has 0 aliphatic rings. The van der Waals surface area contributed by atoms with E-state index < -0.39 is 0 Å². The van der Waals surface area contributed by atoms with Gasteiger partial charge in [-0.2, -0.15) is 0 Å². The predicted octanol–water partition coefficient (Wildman–Crippen LogP) is 2.25. The summed E-state index contributed by atoms with van der Waals surface area (Å²) in [6.07, 6.45) is 0. The van der Waals surface area contributed by atoms with Crippen molar-refractivity contribution in [2.75, 3.05) is 0 Å². The van der Waals surface area contributed by atoms with Crippen LogP contribution in [0, 0.1) is 12.7 Å². The van der Waals surface area contributed by atoms with Gasteiger partial charge < -0.3 is 5.73 Å². The summed E-state index contributed by atoms with van der Waals surface area (Å²) >= 11 is 5.63. The van der Waals surface area contributed by atoms with Crippen molar-refractivity contribution in [2.24, 2.45) is 5.73 Å². The maximum atomic E-state index is 12.7. The van der Waals surface area contributed by atoms with Crippen LogP contribution in [0.3, 0.4) is 0 Å². The summed E-state index contributed by atoms with van der Waals surface area (Å²) < 4.78 is 12.7. The molecule has 0 saturated carbocycles. The van der Waals surface area contributed by atoms with Gasteiger partial charge >= 0.3 is 0 Å². The molecule has 0 saturated heterocycles. The molecule has 0 heterocycles. The predicted molar refractivity (Wildman–Crippen MR) is 44.0 cm³/mol. The maximum Gasteiger partial charge on any atom is 0.142 e. The lowest BCUT2D eigenvalue weighted by Gasteiger charge is -2.04. The third kappa shape index (κ3) is 1.52. The van der Waals surface area contributed by atoms with Crippen LogP contribution >= 0.6 is 11.6 Å². The van der Waals surface area contributed by atoms with Gasteiger partial charge in [-0.05, 0) is 24.1 Å². The highest BCUT2D eigenvalue weighted by Crippen LogP contribution is 2.21. The SMILES string of the molecule is Cc1c(CN)ccc(F)c1Cl. The van der Waals surface area contributed by atoms with Crippen LogP contribution in [-0.4, -0.2) is 0 Å². The van der Waals surface area contributed by atoms with Crippen LogP contribution in [0.4, 0.5) is 4.39 Å². The topological polar surface area (TPSA) is 26.0 Å². The maximum absolute atomic E-state index is 12.7. The lowest BCUT2D eigenvalue weighted by atomic mass is 10.1. The van der Waals surface area contributed by atoms with Crippen molar-refractivity contribution in [1.82, 2.24) is 0 Å². The Morgan fingerprint density at radius 2 is 2.18 bits per heavy atom. The van der Waals surface area contributed by atoms with Gasteiger partial charge in [-0.3, -0.25) is 0 Å². The average Bonchev–Trinajstić information content (AvgIpc) is 2.01. The van der Waals surface area contributed by atoms with Gasteiger partial charge in [0.15, 0.2) is 0 Å². The van der Waals surface area contributed by atoms with Gasteiger partial charge in [-0.1, -0.05) is 17.7 Å². The van der Waals surface area contributed by atoms with E-state index in [1.807, 2.05) is 0 Å². The molecule has 11 heavy (non-hydrogen) atoms. The summed E-state index contributed by atoms with van der Waals surface area (Å²) in [7, 11) is 0. The van der Waals surface area contributed by atoms with Crippen LogP contribution in [-0.2, 0) is 6.54 Å². The largest absolute Gasteiger partial charge is 0.326 e. The van der Waals surface area contributed by atoms with Gasteiger partial charge in [0.2, 0.25) is 0 Å². The van der Waals surface area contributed by atoms with Crippen molar-refractivity contribution in [3.05, 3.63) is 34.1 Å². The van der Waals surface area contributed by atoms with Crippen molar-refractivity contribution in [3.8, 4) is 0 Å². The first-order valence-corrected chi connectivity index (χ1v) is 3.68. The molecule has 1 rings (SSSR count). The molecular weight excluding hydrogens is 165 g/mol. The summed E-state index contributed by atoms with van der Waals surface area (Å²) in [5, 5.41) is 0.174. The van der Waals surface area contributed by atoms with E-state index in [1.165, 1.54) is 6.07 Å². The van der Waals surface area contributed by atoms with Crippen LogP contribution in [0.25, 0.3) is 0 Å².